The summed E-state index contributed by atoms with van der Waals surface area (Å²) in [6, 6.07) is 14.0. The third-order valence-corrected chi connectivity index (χ3v) is 5.52. The smallest absolute Gasteiger partial charge is 0.188 e. The number of thiazole rings is 1. The summed E-state index contributed by atoms with van der Waals surface area (Å²) in [6.45, 7) is 0. The van der Waals surface area contributed by atoms with Gasteiger partial charge in [0, 0.05) is 5.38 Å². The highest BCUT2D eigenvalue weighted by Gasteiger charge is 2.13. The molecule has 4 aromatic heterocycles. The van der Waals surface area contributed by atoms with Crippen LogP contribution in [0.2, 0.25) is 0 Å². The largest absolute Gasteiger partial charge is 0.315 e. The first-order chi connectivity index (χ1) is 12.9. The Balaban J connectivity index is 1.51. The quantitative estimate of drug-likeness (QED) is 0.490. The van der Waals surface area contributed by atoms with Gasteiger partial charge >= 0.3 is 0 Å². The predicted molar refractivity (Wildman–Crippen MR) is 105 cm³/mol. The van der Waals surface area contributed by atoms with Gasteiger partial charge in [0.15, 0.2) is 10.8 Å². The van der Waals surface area contributed by atoms with Crippen LogP contribution in [0.1, 0.15) is 0 Å². The average molecular weight is 376 g/mol. The maximum atomic E-state index is 4.65. The van der Waals surface area contributed by atoms with E-state index in [1.54, 1.807) is 39.9 Å². The molecule has 4 heterocycles. The van der Waals surface area contributed by atoms with E-state index in [0.717, 1.165) is 32.4 Å². The number of thiophene rings is 1. The van der Waals surface area contributed by atoms with E-state index in [-0.39, 0.29) is 0 Å². The number of nitrogens with one attached hydrogen (secondary N) is 1. The van der Waals surface area contributed by atoms with Crippen molar-refractivity contribution < 1.29 is 0 Å². The van der Waals surface area contributed by atoms with Crippen molar-refractivity contribution >= 4 is 44.7 Å². The van der Waals surface area contributed by atoms with Gasteiger partial charge in [-0.15, -0.1) is 22.7 Å². The van der Waals surface area contributed by atoms with Gasteiger partial charge in [-0.1, -0.05) is 24.3 Å². The molecule has 0 saturated carbocycles. The van der Waals surface area contributed by atoms with Crippen LogP contribution in [0.15, 0.2) is 65.7 Å². The molecule has 8 heteroatoms. The molecule has 26 heavy (non-hydrogen) atoms. The van der Waals surface area contributed by atoms with Gasteiger partial charge in [-0.2, -0.15) is 5.10 Å². The fraction of sp³-hybridized carbons (Fsp3) is 0. The van der Waals surface area contributed by atoms with Crippen LogP contribution in [-0.4, -0.2) is 24.7 Å². The van der Waals surface area contributed by atoms with Gasteiger partial charge < -0.3 is 5.32 Å². The Morgan fingerprint density at radius 2 is 1.88 bits per heavy atom. The lowest BCUT2D eigenvalue weighted by molar-refractivity contribution is 0.895. The van der Waals surface area contributed by atoms with Crippen molar-refractivity contribution in [2.75, 3.05) is 5.32 Å². The summed E-state index contributed by atoms with van der Waals surface area (Å²) in [5.41, 5.74) is 2.68. The van der Waals surface area contributed by atoms with E-state index in [9.17, 15) is 0 Å². The number of fused-ring (bicyclic) bond motifs is 1. The van der Waals surface area contributed by atoms with Gasteiger partial charge in [0.25, 0.3) is 0 Å². The van der Waals surface area contributed by atoms with E-state index in [0.29, 0.717) is 5.82 Å². The van der Waals surface area contributed by atoms with Crippen LogP contribution in [-0.2, 0) is 0 Å². The van der Waals surface area contributed by atoms with Crippen molar-refractivity contribution in [3.8, 4) is 16.3 Å². The first-order valence-electron chi connectivity index (χ1n) is 7.89. The standard InChI is InChI=1S/C18H12N6S2/c1-2-5-12(6-3-1)24-17-13(9-21-24)16(19-11-20-17)23-18-22-14(10-26-18)15-7-4-8-25-15/h1-11H,(H,19,20,22,23). The maximum Gasteiger partial charge on any atom is 0.188 e. The molecule has 0 amide bonds. The number of anilines is 2. The molecule has 1 N–H and O–H groups in total. The van der Waals surface area contributed by atoms with Crippen LogP contribution in [0.4, 0.5) is 10.9 Å². The number of aromatic nitrogens is 5. The van der Waals surface area contributed by atoms with Gasteiger partial charge in [-0.05, 0) is 23.6 Å². The number of benzene rings is 1. The molecule has 0 aliphatic carbocycles. The topological polar surface area (TPSA) is 68.5 Å². The Hall–Kier alpha value is -3.10. The Bertz CT molecular complexity index is 1160. The molecule has 0 bridgehead atoms. The normalized spacial score (nSPS) is 11.1. The van der Waals surface area contributed by atoms with Crippen LogP contribution in [0.5, 0.6) is 0 Å². The summed E-state index contributed by atoms with van der Waals surface area (Å²) in [5, 5.41) is 13.5. The number of para-hydroxylation sites is 1. The summed E-state index contributed by atoms with van der Waals surface area (Å²) < 4.78 is 1.81. The highest BCUT2D eigenvalue weighted by molar-refractivity contribution is 7.16. The highest BCUT2D eigenvalue weighted by atomic mass is 32.1. The predicted octanol–water partition coefficient (Wildman–Crippen LogP) is 4.74. The second kappa shape index (κ2) is 6.32. The van der Waals surface area contributed by atoms with E-state index < -0.39 is 0 Å². The lowest BCUT2D eigenvalue weighted by Crippen LogP contribution is -1.99. The highest BCUT2D eigenvalue weighted by Crippen LogP contribution is 2.31. The number of nitrogens with zero attached hydrogens (tertiary/aromatic N) is 5. The average Bonchev–Trinajstić information content (AvgIpc) is 3.43. The summed E-state index contributed by atoms with van der Waals surface area (Å²) in [4.78, 5) is 14.6. The Morgan fingerprint density at radius 1 is 0.962 bits per heavy atom. The van der Waals surface area contributed by atoms with Gasteiger partial charge in [0.2, 0.25) is 0 Å². The van der Waals surface area contributed by atoms with Crippen molar-refractivity contribution in [1.82, 2.24) is 24.7 Å². The van der Waals surface area contributed by atoms with Crippen molar-refractivity contribution in [3.05, 3.63) is 65.7 Å². The van der Waals surface area contributed by atoms with Gasteiger partial charge in [0.1, 0.15) is 12.1 Å². The first kappa shape index (κ1) is 15.2. The van der Waals surface area contributed by atoms with E-state index in [2.05, 4.69) is 31.4 Å². The minimum Gasteiger partial charge on any atom is -0.315 e. The van der Waals surface area contributed by atoms with Crippen LogP contribution >= 0.6 is 22.7 Å². The SMILES string of the molecule is c1ccc(-n2ncc3c(Nc4nc(-c5cccs5)cs4)ncnc32)cc1. The van der Waals surface area contributed by atoms with Gasteiger partial charge in [0.05, 0.1) is 27.8 Å². The molecule has 126 valence electrons. The van der Waals surface area contributed by atoms with E-state index in [4.69, 9.17) is 0 Å². The zero-order chi connectivity index (χ0) is 17.3. The van der Waals surface area contributed by atoms with Crippen LogP contribution in [0, 0.1) is 0 Å². The number of hydrogen-bond acceptors (Lipinski definition) is 7. The molecule has 0 atom stereocenters. The van der Waals surface area contributed by atoms with Crippen molar-refractivity contribution in [2.24, 2.45) is 0 Å². The molecule has 1 aromatic carbocycles. The molecular weight excluding hydrogens is 364 g/mol. The first-order valence-corrected chi connectivity index (χ1v) is 9.65. The minimum absolute atomic E-state index is 0.698. The summed E-state index contributed by atoms with van der Waals surface area (Å²) in [7, 11) is 0. The molecule has 5 rings (SSSR count). The zero-order valence-corrected chi connectivity index (χ0v) is 15.0. The fourth-order valence-electron chi connectivity index (χ4n) is 2.67. The van der Waals surface area contributed by atoms with Crippen molar-refractivity contribution in [2.45, 2.75) is 0 Å². The van der Waals surface area contributed by atoms with Crippen molar-refractivity contribution in [1.29, 1.82) is 0 Å². The Morgan fingerprint density at radius 3 is 2.73 bits per heavy atom. The molecule has 0 aliphatic rings. The Kier molecular flexibility index (Phi) is 3.69. The van der Waals surface area contributed by atoms with Crippen LogP contribution in [0.3, 0.4) is 0 Å². The molecule has 0 radical (unpaired) electrons. The molecule has 0 unspecified atom stereocenters. The monoisotopic (exact) mass is 376 g/mol. The summed E-state index contributed by atoms with van der Waals surface area (Å²) in [5.74, 6) is 0.698. The Labute approximate surface area is 156 Å². The van der Waals surface area contributed by atoms with Crippen LogP contribution in [0.25, 0.3) is 27.3 Å². The zero-order valence-electron chi connectivity index (χ0n) is 13.4. The van der Waals surface area contributed by atoms with E-state index in [1.807, 2.05) is 47.2 Å². The molecule has 0 fully saturated rings. The third kappa shape index (κ3) is 2.65. The molecular formula is C18H12N6S2. The lowest BCUT2D eigenvalue weighted by atomic mass is 10.3. The van der Waals surface area contributed by atoms with Crippen LogP contribution < -0.4 is 5.32 Å². The van der Waals surface area contributed by atoms with E-state index >= 15 is 0 Å². The molecule has 0 aliphatic heterocycles. The summed E-state index contributed by atoms with van der Waals surface area (Å²) >= 11 is 3.23. The molecule has 0 spiro atoms. The lowest BCUT2D eigenvalue weighted by Gasteiger charge is -2.04. The molecule has 6 nitrogen and oxygen atoms in total. The van der Waals surface area contributed by atoms with Gasteiger partial charge in [-0.3, -0.25) is 0 Å². The van der Waals surface area contributed by atoms with Gasteiger partial charge in [-0.25, -0.2) is 19.6 Å². The molecule has 0 saturated heterocycles. The fourth-order valence-corrected chi connectivity index (χ4v) is 4.14. The minimum atomic E-state index is 0.698. The third-order valence-electron chi connectivity index (χ3n) is 3.87. The maximum absolute atomic E-state index is 4.65. The number of rotatable bonds is 4. The molecule has 5 aromatic rings. The number of hydrogen-bond donors (Lipinski definition) is 1. The second-order valence-corrected chi connectivity index (χ2v) is 7.30. The van der Waals surface area contributed by atoms with Crippen molar-refractivity contribution in [3.63, 3.8) is 0 Å². The second-order valence-electron chi connectivity index (χ2n) is 5.49. The van der Waals surface area contributed by atoms with E-state index in [1.165, 1.54) is 0 Å². The summed E-state index contributed by atoms with van der Waals surface area (Å²) in [6.07, 6.45) is 3.32.